The zero-order valence-electron chi connectivity index (χ0n) is 11.9. The van der Waals surface area contributed by atoms with Gasteiger partial charge in [-0.05, 0) is 25.0 Å². The second-order valence-corrected chi connectivity index (χ2v) is 4.15. The Balaban J connectivity index is 0.000000861. The molecule has 0 atom stereocenters. The van der Waals surface area contributed by atoms with E-state index in [1.807, 2.05) is 20.8 Å². The highest BCUT2D eigenvalue weighted by molar-refractivity contribution is 5.86. The molecule has 1 aliphatic carbocycles. The first-order valence-electron chi connectivity index (χ1n) is 6.51. The molecule has 0 nitrogen and oxygen atoms in total. The fourth-order valence-corrected chi connectivity index (χ4v) is 2.20. The van der Waals surface area contributed by atoms with Crippen LogP contribution in [-0.4, -0.2) is 0 Å². The van der Waals surface area contributed by atoms with E-state index in [4.69, 9.17) is 0 Å². The van der Waals surface area contributed by atoms with Crippen molar-refractivity contribution < 1.29 is 8.78 Å². The van der Waals surface area contributed by atoms with Gasteiger partial charge in [0.1, 0.15) is 0 Å². The number of fused-ring (bicyclic) bond motifs is 1. The van der Waals surface area contributed by atoms with Crippen LogP contribution in [0.1, 0.15) is 37.5 Å². The van der Waals surface area contributed by atoms with Gasteiger partial charge in [0.25, 0.3) is 5.92 Å². The maximum Gasteiger partial charge on any atom is 0.299 e. The number of allylic oxidation sites excluding steroid dienone is 5. The smallest absolute Gasteiger partial charge is 0.196 e. The Hall–Kier alpha value is -1.70. The summed E-state index contributed by atoms with van der Waals surface area (Å²) in [6.07, 6.45) is 4.60. The molecule has 1 aromatic rings. The number of hydrogen-bond donors (Lipinski definition) is 0. The molecule has 19 heavy (non-hydrogen) atoms. The number of benzene rings is 1. The molecule has 102 valence electrons. The van der Waals surface area contributed by atoms with Crippen molar-refractivity contribution in [2.24, 2.45) is 0 Å². The van der Waals surface area contributed by atoms with Crippen LogP contribution >= 0.6 is 0 Å². The highest BCUT2D eigenvalue weighted by atomic mass is 19.3. The van der Waals surface area contributed by atoms with Gasteiger partial charge in [-0.3, -0.25) is 0 Å². The predicted octanol–water partition coefficient (Wildman–Crippen LogP) is 5.64. The molecule has 0 spiro atoms. The molecular weight excluding hydrogens is 242 g/mol. The number of hydrogen-bond acceptors (Lipinski definition) is 0. The summed E-state index contributed by atoms with van der Waals surface area (Å²) in [7, 11) is 0. The molecule has 0 N–H and O–H groups in total. The minimum absolute atomic E-state index is 0.0376. The molecule has 0 saturated heterocycles. The van der Waals surface area contributed by atoms with E-state index >= 15 is 0 Å². The Bertz CT molecular complexity index is 534. The summed E-state index contributed by atoms with van der Waals surface area (Å²) in [5, 5.41) is 0. The van der Waals surface area contributed by atoms with Crippen molar-refractivity contribution in [1.29, 1.82) is 0 Å². The molecule has 0 aromatic heterocycles. The fraction of sp³-hybridized carbons (Fsp3) is 0.294. The maximum atomic E-state index is 14.2. The molecule has 0 amide bonds. The van der Waals surface area contributed by atoms with E-state index < -0.39 is 5.92 Å². The summed E-state index contributed by atoms with van der Waals surface area (Å²) < 4.78 is 28.4. The predicted molar refractivity (Wildman–Crippen MR) is 78.4 cm³/mol. The van der Waals surface area contributed by atoms with Gasteiger partial charge in [0.15, 0.2) is 0 Å². The summed E-state index contributed by atoms with van der Waals surface area (Å²) in [5.74, 6) is -2.92. The summed E-state index contributed by atoms with van der Waals surface area (Å²) >= 11 is 0. The Morgan fingerprint density at radius 2 is 1.84 bits per heavy atom. The van der Waals surface area contributed by atoms with Crippen molar-refractivity contribution in [3.05, 3.63) is 65.3 Å². The first-order valence-corrected chi connectivity index (χ1v) is 6.51. The first-order chi connectivity index (χ1) is 9.02. The van der Waals surface area contributed by atoms with Crippen molar-refractivity contribution >= 4 is 5.57 Å². The van der Waals surface area contributed by atoms with Crippen molar-refractivity contribution in [3.63, 3.8) is 0 Å². The van der Waals surface area contributed by atoms with Crippen LogP contribution in [0, 0.1) is 6.92 Å². The van der Waals surface area contributed by atoms with Crippen molar-refractivity contribution in [3.8, 4) is 0 Å². The van der Waals surface area contributed by atoms with E-state index in [1.54, 1.807) is 25.1 Å². The molecule has 0 fully saturated rings. The van der Waals surface area contributed by atoms with E-state index in [2.05, 4.69) is 6.58 Å². The highest BCUT2D eigenvalue weighted by Crippen LogP contribution is 2.49. The van der Waals surface area contributed by atoms with Gasteiger partial charge in [-0.25, -0.2) is 0 Å². The van der Waals surface area contributed by atoms with E-state index in [9.17, 15) is 8.78 Å². The maximum absolute atomic E-state index is 14.2. The van der Waals surface area contributed by atoms with Crippen LogP contribution in [0.4, 0.5) is 8.78 Å². The molecule has 1 aliphatic rings. The van der Waals surface area contributed by atoms with Gasteiger partial charge in [0, 0.05) is 11.1 Å². The monoisotopic (exact) mass is 262 g/mol. The zero-order valence-corrected chi connectivity index (χ0v) is 11.9. The largest absolute Gasteiger partial charge is 0.299 e. The van der Waals surface area contributed by atoms with Gasteiger partial charge in [0.2, 0.25) is 0 Å². The molecule has 0 heterocycles. The van der Waals surface area contributed by atoms with Gasteiger partial charge in [-0.2, -0.15) is 8.78 Å². The van der Waals surface area contributed by atoms with E-state index in [0.29, 0.717) is 11.1 Å². The number of alkyl halides is 2. The normalized spacial score (nSPS) is 16.1. The lowest BCUT2D eigenvalue weighted by Gasteiger charge is -2.13. The highest BCUT2D eigenvalue weighted by Gasteiger charge is 2.44. The molecule has 0 bridgehead atoms. The van der Waals surface area contributed by atoms with Crippen LogP contribution in [0.25, 0.3) is 5.57 Å². The number of aryl methyl sites for hydroxylation is 1. The number of rotatable bonds is 2. The molecule has 2 heteroatoms. The van der Waals surface area contributed by atoms with Gasteiger partial charge < -0.3 is 0 Å². The Labute approximate surface area is 114 Å². The summed E-state index contributed by atoms with van der Waals surface area (Å²) in [6, 6.07) is 5.01. The topological polar surface area (TPSA) is 0 Å². The quantitative estimate of drug-likeness (QED) is 0.646. The van der Waals surface area contributed by atoms with Crippen LogP contribution in [-0.2, 0) is 5.92 Å². The lowest BCUT2D eigenvalue weighted by Crippen LogP contribution is -2.12. The van der Waals surface area contributed by atoms with Gasteiger partial charge in [-0.15, -0.1) is 0 Å². The summed E-state index contributed by atoms with van der Waals surface area (Å²) in [4.78, 5) is 0. The molecule has 2 rings (SSSR count). The third kappa shape index (κ3) is 2.53. The molecule has 0 radical (unpaired) electrons. The summed E-state index contributed by atoms with van der Waals surface area (Å²) in [5.41, 5.74) is 2.22. The first kappa shape index (κ1) is 15.4. The lowest BCUT2D eigenvalue weighted by atomic mass is 10.0. The minimum atomic E-state index is -2.92. The van der Waals surface area contributed by atoms with Gasteiger partial charge in [-0.1, -0.05) is 62.4 Å². The molecule has 1 aromatic carbocycles. The fourth-order valence-electron chi connectivity index (χ4n) is 2.20. The third-order valence-corrected chi connectivity index (χ3v) is 2.97. The Morgan fingerprint density at radius 3 is 2.37 bits per heavy atom. The van der Waals surface area contributed by atoms with Crippen molar-refractivity contribution in [2.45, 2.75) is 33.6 Å². The molecule has 0 unspecified atom stereocenters. The van der Waals surface area contributed by atoms with Gasteiger partial charge in [0.05, 0.1) is 0 Å². The van der Waals surface area contributed by atoms with Crippen LogP contribution in [0.2, 0.25) is 0 Å². The average Bonchev–Trinajstić information content (AvgIpc) is 2.60. The third-order valence-electron chi connectivity index (χ3n) is 2.97. The Kier molecular flexibility index (Phi) is 4.82. The SMILES string of the molecule is C=CC1=C(/C=C\C)C(F)(F)c2ccc(C)cc21.CC. The number of halogens is 2. The molecular formula is C17H20F2. The standard InChI is InChI=1S/C15H14F2.C2H6/c1-4-6-13-11(5-2)12-9-10(3)7-8-14(12)15(13,16)17;1-2/h4-9H,2H2,1,3H3;1-2H3/b6-4-;. The summed E-state index contributed by atoms with van der Waals surface area (Å²) in [6.45, 7) is 11.3. The van der Waals surface area contributed by atoms with Crippen molar-refractivity contribution in [2.75, 3.05) is 0 Å². The van der Waals surface area contributed by atoms with E-state index in [-0.39, 0.29) is 11.1 Å². The van der Waals surface area contributed by atoms with Crippen molar-refractivity contribution in [1.82, 2.24) is 0 Å². The van der Waals surface area contributed by atoms with Crippen LogP contribution in [0.3, 0.4) is 0 Å². The second-order valence-electron chi connectivity index (χ2n) is 4.15. The zero-order chi connectivity index (χ0) is 14.6. The Morgan fingerprint density at radius 1 is 1.21 bits per heavy atom. The van der Waals surface area contributed by atoms with Gasteiger partial charge >= 0.3 is 0 Å². The van der Waals surface area contributed by atoms with Crippen LogP contribution in [0.15, 0.2) is 48.6 Å². The van der Waals surface area contributed by atoms with Crippen LogP contribution < -0.4 is 0 Å². The average molecular weight is 262 g/mol. The molecule has 0 saturated carbocycles. The van der Waals surface area contributed by atoms with E-state index in [1.165, 1.54) is 18.2 Å². The van der Waals surface area contributed by atoms with Crippen LogP contribution in [0.5, 0.6) is 0 Å². The second kappa shape index (κ2) is 5.96. The minimum Gasteiger partial charge on any atom is -0.196 e. The van der Waals surface area contributed by atoms with E-state index in [0.717, 1.165) is 5.56 Å². The lowest BCUT2D eigenvalue weighted by molar-refractivity contribution is 0.0460. The molecule has 0 aliphatic heterocycles.